The van der Waals surface area contributed by atoms with Gasteiger partial charge in [-0.25, -0.2) is 4.39 Å². The average Bonchev–Trinajstić information content (AvgIpc) is 3.16. The van der Waals surface area contributed by atoms with Gasteiger partial charge in [-0.1, -0.05) is 78.0 Å². The van der Waals surface area contributed by atoms with Gasteiger partial charge in [-0.15, -0.1) is 10.2 Å². The quantitative estimate of drug-likeness (QED) is 0.428. The molecule has 0 aliphatic rings. The number of amides is 1. The summed E-state index contributed by atoms with van der Waals surface area (Å²) in [6.07, 6.45) is 0. The molecule has 150 valence electrons. The Bertz CT molecular complexity index is 1200. The van der Waals surface area contributed by atoms with Crippen LogP contribution < -0.4 is 5.73 Å². The van der Waals surface area contributed by atoms with E-state index in [1.807, 2.05) is 24.3 Å². The lowest BCUT2D eigenvalue weighted by Gasteiger charge is -2.15. The third-order valence-electron chi connectivity index (χ3n) is 4.43. The summed E-state index contributed by atoms with van der Waals surface area (Å²) in [5.74, 6) is -0.624. The molecule has 8 heteroatoms. The molecule has 0 bridgehead atoms. The van der Waals surface area contributed by atoms with Crippen molar-refractivity contribution in [3.8, 4) is 17.1 Å². The molecule has 1 amide bonds. The third kappa shape index (κ3) is 3.94. The lowest BCUT2D eigenvalue weighted by Crippen LogP contribution is -2.19. The highest BCUT2D eigenvalue weighted by Crippen LogP contribution is 2.38. The number of primary amides is 1. The first-order chi connectivity index (χ1) is 14.6. The first kappa shape index (κ1) is 20.1. The van der Waals surface area contributed by atoms with Gasteiger partial charge in [0.05, 0.1) is 10.7 Å². The van der Waals surface area contributed by atoms with Crippen molar-refractivity contribution in [2.24, 2.45) is 5.73 Å². The maximum atomic E-state index is 14.7. The molecule has 30 heavy (non-hydrogen) atoms. The fourth-order valence-corrected chi connectivity index (χ4v) is 4.26. The molecule has 4 aromatic rings. The number of carbonyl (C=O) groups excluding carboxylic acids is 1. The number of thioether (sulfide) groups is 1. The molecule has 2 N–H and O–H groups in total. The minimum Gasteiger partial charge on any atom is -0.368 e. The highest BCUT2D eigenvalue weighted by Gasteiger charge is 2.26. The number of hydrogen-bond donors (Lipinski definition) is 1. The van der Waals surface area contributed by atoms with Crippen molar-refractivity contribution in [2.45, 2.75) is 10.4 Å². The van der Waals surface area contributed by atoms with E-state index in [4.69, 9.17) is 17.3 Å². The number of benzene rings is 3. The number of para-hydroxylation sites is 1. The Morgan fingerprint density at radius 3 is 2.33 bits per heavy atom. The molecular weight excluding hydrogens is 423 g/mol. The molecule has 0 radical (unpaired) electrons. The molecule has 1 aromatic heterocycles. The Morgan fingerprint density at radius 1 is 0.967 bits per heavy atom. The van der Waals surface area contributed by atoms with Crippen molar-refractivity contribution in [3.63, 3.8) is 0 Å². The monoisotopic (exact) mass is 438 g/mol. The van der Waals surface area contributed by atoms with Crippen molar-refractivity contribution in [3.05, 3.63) is 95.3 Å². The summed E-state index contributed by atoms with van der Waals surface area (Å²) in [7, 11) is 0. The van der Waals surface area contributed by atoms with E-state index in [-0.39, 0.29) is 5.69 Å². The van der Waals surface area contributed by atoms with E-state index < -0.39 is 17.0 Å². The summed E-state index contributed by atoms with van der Waals surface area (Å²) in [4.78, 5) is 12.2. The minimum absolute atomic E-state index is 0.246. The van der Waals surface area contributed by atoms with E-state index in [1.54, 1.807) is 53.1 Å². The standard InChI is InChI=1S/C22H16ClFN4OS/c23-16-11-5-4-10-15(16)21-26-27-22(28(21)18-13-7-6-12-17(18)24)30-19(20(25)29)14-8-2-1-3-9-14/h1-13,19H,(H2,25,29). The second-order valence-electron chi connectivity index (χ2n) is 6.38. The summed E-state index contributed by atoms with van der Waals surface area (Å²) >= 11 is 7.47. The normalized spacial score (nSPS) is 11.9. The molecule has 0 aliphatic heterocycles. The van der Waals surface area contributed by atoms with Crippen LogP contribution in [0.4, 0.5) is 4.39 Å². The van der Waals surface area contributed by atoms with Crippen LogP contribution in [0, 0.1) is 5.82 Å². The largest absolute Gasteiger partial charge is 0.368 e. The number of rotatable bonds is 6. The number of hydrogen-bond acceptors (Lipinski definition) is 4. The first-order valence-electron chi connectivity index (χ1n) is 9.02. The predicted molar refractivity (Wildman–Crippen MR) is 116 cm³/mol. The van der Waals surface area contributed by atoms with Crippen molar-refractivity contribution in [1.82, 2.24) is 14.8 Å². The van der Waals surface area contributed by atoms with Gasteiger partial charge in [-0.3, -0.25) is 9.36 Å². The molecule has 0 saturated carbocycles. The Morgan fingerprint density at radius 2 is 1.63 bits per heavy atom. The Balaban J connectivity index is 1.88. The maximum Gasteiger partial charge on any atom is 0.235 e. The minimum atomic E-state index is -0.722. The first-order valence-corrected chi connectivity index (χ1v) is 10.3. The van der Waals surface area contributed by atoms with Gasteiger partial charge in [0, 0.05) is 5.56 Å². The van der Waals surface area contributed by atoms with Crippen molar-refractivity contribution < 1.29 is 9.18 Å². The molecule has 1 atom stereocenters. The molecule has 0 saturated heterocycles. The summed E-state index contributed by atoms with van der Waals surface area (Å²) < 4.78 is 16.3. The third-order valence-corrected chi connectivity index (χ3v) is 5.97. The summed E-state index contributed by atoms with van der Waals surface area (Å²) in [5.41, 5.74) is 7.23. The lowest BCUT2D eigenvalue weighted by molar-refractivity contribution is -0.117. The highest BCUT2D eigenvalue weighted by atomic mass is 35.5. The van der Waals surface area contributed by atoms with Gasteiger partial charge >= 0.3 is 0 Å². The zero-order valence-corrected chi connectivity index (χ0v) is 17.1. The van der Waals surface area contributed by atoms with E-state index in [9.17, 15) is 9.18 Å². The number of carbonyl (C=O) groups is 1. The highest BCUT2D eigenvalue weighted by molar-refractivity contribution is 8.00. The van der Waals surface area contributed by atoms with Gasteiger partial charge in [-0.2, -0.15) is 0 Å². The molecule has 3 aromatic carbocycles. The van der Waals surface area contributed by atoms with E-state index in [0.717, 1.165) is 17.3 Å². The number of nitrogens with two attached hydrogens (primary N) is 1. The van der Waals surface area contributed by atoms with Gasteiger partial charge in [0.25, 0.3) is 0 Å². The molecular formula is C22H16ClFN4OS. The molecule has 1 heterocycles. The smallest absolute Gasteiger partial charge is 0.235 e. The van der Waals surface area contributed by atoms with Crippen LogP contribution in [0.2, 0.25) is 5.02 Å². The van der Waals surface area contributed by atoms with Crippen LogP contribution in [0.1, 0.15) is 10.8 Å². The second-order valence-corrected chi connectivity index (χ2v) is 7.86. The van der Waals surface area contributed by atoms with Crippen LogP contribution in [0.3, 0.4) is 0 Å². The molecule has 0 aliphatic carbocycles. The van der Waals surface area contributed by atoms with Gasteiger partial charge in [0.15, 0.2) is 11.0 Å². The zero-order valence-electron chi connectivity index (χ0n) is 15.6. The molecule has 0 spiro atoms. The lowest BCUT2D eigenvalue weighted by atomic mass is 10.1. The van der Waals surface area contributed by atoms with Gasteiger partial charge < -0.3 is 5.73 Å². The van der Waals surface area contributed by atoms with Gasteiger partial charge in [-0.05, 0) is 29.8 Å². The molecule has 4 rings (SSSR count). The summed E-state index contributed by atoms with van der Waals surface area (Å²) in [6.45, 7) is 0. The number of nitrogens with zero attached hydrogens (tertiary/aromatic N) is 3. The summed E-state index contributed by atoms with van der Waals surface area (Å²) in [5, 5.41) is 8.55. The number of aromatic nitrogens is 3. The van der Waals surface area contributed by atoms with Crippen molar-refractivity contribution in [2.75, 3.05) is 0 Å². The molecule has 5 nitrogen and oxygen atoms in total. The van der Waals surface area contributed by atoms with Crippen LogP contribution in [-0.2, 0) is 4.79 Å². The fourth-order valence-electron chi connectivity index (χ4n) is 3.04. The average molecular weight is 439 g/mol. The Hall–Kier alpha value is -3.16. The van der Waals surface area contributed by atoms with Crippen LogP contribution >= 0.6 is 23.4 Å². The maximum absolute atomic E-state index is 14.7. The van der Waals surface area contributed by atoms with E-state index >= 15 is 0 Å². The second kappa shape index (κ2) is 8.69. The summed E-state index contributed by atoms with van der Waals surface area (Å²) in [6, 6.07) is 22.5. The SMILES string of the molecule is NC(=O)C(Sc1nnc(-c2ccccc2Cl)n1-c1ccccc1F)c1ccccc1. The van der Waals surface area contributed by atoms with Crippen molar-refractivity contribution >= 4 is 29.3 Å². The van der Waals surface area contributed by atoms with E-state index in [0.29, 0.717) is 21.6 Å². The predicted octanol–water partition coefficient (Wildman–Crippen LogP) is 5.05. The number of halogens is 2. The van der Waals surface area contributed by atoms with Crippen LogP contribution in [-0.4, -0.2) is 20.7 Å². The van der Waals surface area contributed by atoms with Crippen LogP contribution in [0.15, 0.2) is 84.0 Å². The fraction of sp³-hybridized carbons (Fsp3) is 0.0455. The topological polar surface area (TPSA) is 73.8 Å². The van der Waals surface area contributed by atoms with Gasteiger partial charge in [0.1, 0.15) is 11.1 Å². The Labute approximate surface area is 181 Å². The molecule has 1 unspecified atom stereocenters. The van der Waals surface area contributed by atoms with Crippen LogP contribution in [0.5, 0.6) is 0 Å². The zero-order chi connectivity index (χ0) is 21.1. The van der Waals surface area contributed by atoms with Gasteiger partial charge in [0.2, 0.25) is 5.91 Å². The van der Waals surface area contributed by atoms with E-state index in [1.165, 1.54) is 6.07 Å². The van der Waals surface area contributed by atoms with Crippen LogP contribution in [0.25, 0.3) is 17.1 Å². The molecule has 0 fully saturated rings. The Kier molecular flexibility index (Phi) is 5.83. The van der Waals surface area contributed by atoms with Crippen molar-refractivity contribution in [1.29, 1.82) is 0 Å². The van der Waals surface area contributed by atoms with E-state index in [2.05, 4.69) is 10.2 Å².